The summed E-state index contributed by atoms with van der Waals surface area (Å²) >= 11 is 0. The highest BCUT2D eigenvalue weighted by molar-refractivity contribution is 5.67. The van der Waals surface area contributed by atoms with Crippen molar-refractivity contribution in [2.24, 2.45) is 0 Å². The highest BCUT2D eigenvalue weighted by Gasteiger charge is 2.50. The zero-order valence-electron chi connectivity index (χ0n) is 16.6. The normalized spacial score (nSPS) is 26.4. The number of aliphatic hydroxyl groups excluding tert-OH is 1. The van der Waals surface area contributed by atoms with Crippen LogP contribution in [0.15, 0.2) is 30.3 Å². The number of hydrogen-bond donors (Lipinski definition) is 1. The number of rotatable bonds is 8. The predicted molar refractivity (Wildman–Crippen MR) is 98.5 cm³/mol. The van der Waals surface area contributed by atoms with E-state index < -0.39 is 48.6 Å². The maximum absolute atomic E-state index is 11.6. The molecule has 0 spiro atoms. The second kappa shape index (κ2) is 10.9. The van der Waals surface area contributed by atoms with Crippen molar-refractivity contribution in [2.75, 3.05) is 13.2 Å². The Kier molecular flexibility index (Phi) is 8.56. The van der Waals surface area contributed by atoms with Gasteiger partial charge in [-0.05, 0) is 12.0 Å². The van der Waals surface area contributed by atoms with Gasteiger partial charge in [0.2, 0.25) is 0 Å². The monoisotopic (exact) mass is 410 g/mol. The number of ether oxygens (including phenoxy) is 5. The lowest BCUT2D eigenvalue weighted by Crippen LogP contribution is -2.61. The number of benzene rings is 1. The van der Waals surface area contributed by atoms with E-state index in [9.17, 15) is 19.5 Å². The van der Waals surface area contributed by atoms with E-state index in [1.54, 1.807) is 0 Å². The Morgan fingerprint density at radius 1 is 0.966 bits per heavy atom. The zero-order chi connectivity index (χ0) is 21.4. The van der Waals surface area contributed by atoms with Gasteiger partial charge in [-0.15, -0.1) is 0 Å². The first kappa shape index (κ1) is 22.8. The van der Waals surface area contributed by atoms with Crippen molar-refractivity contribution < 1.29 is 43.2 Å². The molecule has 0 radical (unpaired) electrons. The SMILES string of the molecule is CC(=O)OC[C@H]1O[C@@H](OCCc2ccccc2)[C@H](OC(C)=O)[C@@H](OC(C)=O)[C@@H]1O. The maximum atomic E-state index is 11.6. The van der Waals surface area contributed by atoms with E-state index in [0.717, 1.165) is 5.56 Å². The quantitative estimate of drug-likeness (QED) is 0.489. The van der Waals surface area contributed by atoms with Gasteiger partial charge in [0, 0.05) is 20.8 Å². The highest BCUT2D eigenvalue weighted by Crippen LogP contribution is 2.27. The van der Waals surface area contributed by atoms with Crippen LogP contribution in [0.5, 0.6) is 0 Å². The van der Waals surface area contributed by atoms with E-state index in [2.05, 4.69) is 0 Å². The average molecular weight is 410 g/mol. The van der Waals surface area contributed by atoms with E-state index in [0.29, 0.717) is 6.42 Å². The van der Waals surface area contributed by atoms with Gasteiger partial charge in [-0.1, -0.05) is 30.3 Å². The minimum absolute atomic E-state index is 0.218. The van der Waals surface area contributed by atoms with Crippen molar-refractivity contribution in [1.82, 2.24) is 0 Å². The third kappa shape index (κ3) is 7.12. The molecule has 1 aromatic carbocycles. The van der Waals surface area contributed by atoms with E-state index in [4.69, 9.17) is 23.7 Å². The molecule has 1 heterocycles. The van der Waals surface area contributed by atoms with Crippen LogP contribution in [0.4, 0.5) is 0 Å². The van der Waals surface area contributed by atoms with Crippen molar-refractivity contribution in [3.8, 4) is 0 Å². The van der Waals surface area contributed by atoms with Crippen LogP contribution in [0.3, 0.4) is 0 Å². The summed E-state index contributed by atoms with van der Waals surface area (Å²) in [6.07, 6.45) is -5.42. The van der Waals surface area contributed by atoms with Gasteiger partial charge in [-0.2, -0.15) is 0 Å². The van der Waals surface area contributed by atoms with E-state index in [1.165, 1.54) is 20.8 Å². The van der Waals surface area contributed by atoms with Crippen LogP contribution >= 0.6 is 0 Å². The highest BCUT2D eigenvalue weighted by atomic mass is 16.7. The van der Waals surface area contributed by atoms with Crippen LogP contribution in [0, 0.1) is 0 Å². The standard InChI is InChI=1S/C20H26O9/c1-12(21)26-11-16-17(24)18(27-13(2)22)19(28-14(3)23)20(29-16)25-10-9-15-7-5-4-6-8-15/h4-8,16-20,24H,9-11H2,1-3H3/t16-,17-,18+,19-,20-/m1/s1. The molecule has 1 aromatic rings. The first-order chi connectivity index (χ1) is 13.8. The van der Waals surface area contributed by atoms with Crippen LogP contribution in [0.2, 0.25) is 0 Å². The number of hydrogen-bond acceptors (Lipinski definition) is 9. The van der Waals surface area contributed by atoms with Gasteiger partial charge in [0.15, 0.2) is 18.5 Å². The second-order valence-corrected chi connectivity index (χ2v) is 6.59. The minimum Gasteiger partial charge on any atom is -0.463 e. The molecule has 29 heavy (non-hydrogen) atoms. The van der Waals surface area contributed by atoms with Crippen molar-refractivity contribution in [3.05, 3.63) is 35.9 Å². The van der Waals surface area contributed by atoms with Gasteiger partial charge in [0.1, 0.15) is 18.8 Å². The van der Waals surface area contributed by atoms with Crippen molar-refractivity contribution in [3.63, 3.8) is 0 Å². The zero-order valence-corrected chi connectivity index (χ0v) is 16.6. The molecule has 160 valence electrons. The summed E-state index contributed by atoms with van der Waals surface area (Å²) in [5.74, 6) is -1.89. The summed E-state index contributed by atoms with van der Waals surface area (Å²) in [5, 5.41) is 10.6. The van der Waals surface area contributed by atoms with E-state index in [-0.39, 0.29) is 13.2 Å². The lowest BCUT2D eigenvalue weighted by atomic mass is 9.98. The molecule has 1 aliphatic heterocycles. The Hall–Kier alpha value is -2.49. The largest absolute Gasteiger partial charge is 0.463 e. The molecule has 9 nitrogen and oxygen atoms in total. The van der Waals surface area contributed by atoms with Crippen molar-refractivity contribution in [2.45, 2.75) is 57.9 Å². The fourth-order valence-corrected chi connectivity index (χ4v) is 2.94. The van der Waals surface area contributed by atoms with Gasteiger partial charge < -0.3 is 28.8 Å². The lowest BCUT2D eigenvalue weighted by molar-refractivity contribution is -0.306. The molecular formula is C20H26O9. The third-order valence-electron chi connectivity index (χ3n) is 4.19. The summed E-state index contributed by atoms with van der Waals surface area (Å²) in [7, 11) is 0. The van der Waals surface area contributed by atoms with Crippen LogP contribution in [0.25, 0.3) is 0 Å². The molecule has 0 aliphatic carbocycles. The summed E-state index contributed by atoms with van der Waals surface area (Å²) in [4.78, 5) is 34.2. The first-order valence-electron chi connectivity index (χ1n) is 9.24. The summed E-state index contributed by atoms with van der Waals surface area (Å²) in [6.45, 7) is 3.51. The first-order valence-corrected chi connectivity index (χ1v) is 9.24. The molecule has 1 fully saturated rings. The van der Waals surface area contributed by atoms with Gasteiger partial charge in [-0.3, -0.25) is 14.4 Å². The topological polar surface area (TPSA) is 118 Å². The van der Waals surface area contributed by atoms with E-state index >= 15 is 0 Å². The smallest absolute Gasteiger partial charge is 0.303 e. The molecule has 0 aromatic heterocycles. The molecule has 0 unspecified atom stereocenters. The number of aliphatic hydroxyl groups is 1. The Bertz CT molecular complexity index is 690. The van der Waals surface area contributed by atoms with Crippen LogP contribution in [0.1, 0.15) is 26.3 Å². The van der Waals surface area contributed by atoms with Gasteiger partial charge in [0.05, 0.1) is 6.61 Å². The maximum Gasteiger partial charge on any atom is 0.303 e. The number of carbonyl (C=O) groups excluding carboxylic acids is 3. The fourth-order valence-electron chi connectivity index (χ4n) is 2.94. The summed E-state index contributed by atoms with van der Waals surface area (Å²) in [5.41, 5.74) is 1.03. The number of esters is 3. The van der Waals surface area contributed by atoms with Gasteiger partial charge in [0.25, 0.3) is 0 Å². The molecule has 5 atom stereocenters. The Morgan fingerprint density at radius 3 is 2.17 bits per heavy atom. The molecule has 2 rings (SSSR count). The van der Waals surface area contributed by atoms with E-state index in [1.807, 2.05) is 30.3 Å². The fraction of sp³-hybridized carbons (Fsp3) is 0.550. The second-order valence-electron chi connectivity index (χ2n) is 6.59. The summed E-state index contributed by atoms with van der Waals surface area (Å²) in [6, 6.07) is 9.57. The van der Waals surface area contributed by atoms with Crippen molar-refractivity contribution in [1.29, 1.82) is 0 Å². The molecule has 9 heteroatoms. The lowest BCUT2D eigenvalue weighted by Gasteiger charge is -2.42. The summed E-state index contributed by atoms with van der Waals surface area (Å²) < 4.78 is 26.8. The van der Waals surface area contributed by atoms with Crippen LogP contribution < -0.4 is 0 Å². The molecule has 1 aliphatic rings. The predicted octanol–water partition coefficient (Wildman–Crippen LogP) is 0.758. The number of carbonyl (C=O) groups is 3. The van der Waals surface area contributed by atoms with Crippen LogP contribution in [-0.2, 0) is 44.5 Å². The molecule has 0 bridgehead atoms. The average Bonchev–Trinajstić information content (AvgIpc) is 2.65. The minimum atomic E-state index is -1.39. The Morgan fingerprint density at radius 2 is 1.59 bits per heavy atom. The van der Waals surface area contributed by atoms with Gasteiger partial charge in [-0.25, -0.2) is 0 Å². The Labute approximate surface area is 168 Å². The molecule has 1 N–H and O–H groups in total. The van der Waals surface area contributed by atoms with Gasteiger partial charge >= 0.3 is 17.9 Å². The van der Waals surface area contributed by atoms with Crippen LogP contribution in [-0.4, -0.2) is 66.9 Å². The Balaban J connectivity index is 2.15. The third-order valence-corrected chi connectivity index (χ3v) is 4.19. The molecule has 0 saturated carbocycles. The molecule has 1 saturated heterocycles. The molecule has 0 amide bonds. The molecular weight excluding hydrogens is 384 g/mol. The van der Waals surface area contributed by atoms with Crippen molar-refractivity contribution >= 4 is 17.9 Å².